The molecule has 338 valence electrons. The molecule has 0 fully saturated rings. The van der Waals surface area contributed by atoms with Crippen molar-refractivity contribution >= 4 is 126 Å². The van der Waals surface area contributed by atoms with Gasteiger partial charge in [0.2, 0.25) is 0 Å². The van der Waals surface area contributed by atoms with Gasteiger partial charge in [-0.05, 0) is 143 Å². The van der Waals surface area contributed by atoms with E-state index in [1.807, 2.05) is 0 Å². The number of hydrogen-bond donors (Lipinski definition) is 0. The summed E-state index contributed by atoms with van der Waals surface area (Å²) in [5.41, 5.74) is 12.9. The zero-order valence-electron chi connectivity index (χ0n) is 41.0. The van der Waals surface area contributed by atoms with Gasteiger partial charge in [0, 0.05) is 66.4 Å². The van der Waals surface area contributed by atoms with Gasteiger partial charge in [0.05, 0.1) is 16.1 Å². The lowest BCUT2D eigenvalue weighted by Crippen LogP contribution is -2.37. The van der Waals surface area contributed by atoms with E-state index in [1.165, 1.54) is 21.5 Å². The summed E-state index contributed by atoms with van der Waals surface area (Å²) < 4.78 is 13.7. The molecule has 0 N–H and O–H groups in total. The summed E-state index contributed by atoms with van der Waals surface area (Å²) in [7, 11) is -2.92. The topological polar surface area (TPSA) is 32.8 Å². The standard InChI is InChI=1S/C62H60N2O2Si2/c1-39(2)41-11-17-45(18-12-41)63(47-21-27-51(28-22-47)67(5,6)7)49-25-33-53-43(37-49)15-31-55-59-57(65-61(53)55)35-36-58-60(59)56-32-16-44-38-50(26-34-54(44)62(56)66-58)64(46-19-13-42(14-20-46)40(3)4)48-23-29-52(30-24-48)68(8,9)10/h11-40H,1-10H3. The first-order valence-electron chi connectivity index (χ1n) is 24.3. The van der Waals surface area contributed by atoms with Crippen LogP contribution in [0.5, 0.6) is 0 Å². The van der Waals surface area contributed by atoms with Crippen molar-refractivity contribution in [3.05, 3.63) is 181 Å². The SMILES string of the molecule is CC(C)c1ccc(N(c2ccc([Si](C)(C)C)cc2)c2ccc3c(ccc4c3oc3ccc5oc6c7ccc(N(c8ccc(C(C)C)cc8)c8ccc([Si](C)(C)C)cc8)cc7ccc6c5c34)c2)cc1. The molecule has 0 spiro atoms. The molecule has 0 aliphatic carbocycles. The third-order valence-corrected chi connectivity index (χ3v) is 18.3. The summed E-state index contributed by atoms with van der Waals surface area (Å²) in [5.74, 6) is 0.932. The molecule has 4 nitrogen and oxygen atoms in total. The Morgan fingerprint density at radius 2 is 0.647 bits per heavy atom. The minimum absolute atomic E-state index is 0.466. The lowest BCUT2D eigenvalue weighted by atomic mass is 10.00. The van der Waals surface area contributed by atoms with Crippen LogP contribution in [-0.2, 0) is 0 Å². The van der Waals surface area contributed by atoms with Crippen LogP contribution in [0.25, 0.3) is 65.4 Å². The predicted octanol–water partition coefficient (Wildman–Crippen LogP) is 18.1. The van der Waals surface area contributed by atoms with E-state index in [2.05, 4.69) is 247 Å². The molecule has 0 saturated carbocycles. The van der Waals surface area contributed by atoms with Crippen LogP contribution >= 0.6 is 0 Å². The van der Waals surface area contributed by atoms with E-state index < -0.39 is 16.1 Å². The van der Waals surface area contributed by atoms with Crippen molar-refractivity contribution in [1.29, 1.82) is 0 Å². The first-order chi connectivity index (χ1) is 32.6. The number of hydrogen-bond acceptors (Lipinski definition) is 4. The Morgan fingerprint density at radius 3 is 0.971 bits per heavy atom. The van der Waals surface area contributed by atoms with Gasteiger partial charge in [0.25, 0.3) is 0 Å². The second-order valence-corrected chi connectivity index (χ2v) is 31.6. The van der Waals surface area contributed by atoms with Crippen LogP contribution in [0.3, 0.4) is 0 Å². The Kier molecular flexibility index (Phi) is 10.6. The zero-order chi connectivity index (χ0) is 47.2. The molecule has 2 aromatic heterocycles. The smallest absolute Gasteiger partial charge is 0.143 e. The van der Waals surface area contributed by atoms with Crippen molar-refractivity contribution in [1.82, 2.24) is 0 Å². The molecular weight excluding hydrogens is 861 g/mol. The van der Waals surface area contributed by atoms with Crippen molar-refractivity contribution in [2.75, 3.05) is 9.80 Å². The Labute approximate surface area is 402 Å². The van der Waals surface area contributed by atoms with Gasteiger partial charge in [0.15, 0.2) is 0 Å². The van der Waals surface area contributed by atoms with Crippen molar-refractivity contribution < 1.29 is 8.83 Å². The molecule has 68 heavy (non-hydrogen) atoms. The highest BCUT2D eigenvalue weighted by molar-refractivity contribution is 6.89. The van der Waals surface area contributed by atoms with E-state index in [9.17, 15) is 0 Å². The van der Waals surface area contributed by atoms with E-state index in [4.69, 9.17) is 8.83 Å². The highest BCUT2D eigenvalue weighted by Gasteiger charge is 2.23. The maximum absolute atomic E-state index is 6.85. The van der Waals surface area contributed by atoms with E-state index in [0.717, 1.165) is 99.5 Å². The molecule has 0 atom stereocenters. The minimum Gasteiger partial charge on any atom is -0.455 e. The summed E-state index contributed by atoms with van der Waals surface area (Å²) in [6.45, 7) is 23.4. The lowest BCUT2D eigenvalue weighted by Gasteiger charge is -2.27. The van der Waals surface area contributed by atoms with Gasteiger partial charge < -0.3 is 18.6 Å². The second kappa shape index (κ2) is 16.4. The fourth-order valence-corrected chi connectivity index (χ4v) is 12.4. The molecule has 6 heteroatoms. The fourth-order valence-electron chi connectivity index (χ4n) is 10.1. The van der Waals surface area contributed by atoms with Crippen LogP contribution < -0.4 is 20.2 Å². The Hall–Kier alpha value is -6.87. The van der Waals surface area contributed by atoms with Crippen LogP contribution in [0, 0.1) is 0 Å². The first-order valence-corrected chi connectivity index (χ1v) is 31.3. The third kappa shape index (κ3) is 7.60. The Balaban J connectivity index is 1.01. The van der Waals surface area contributed by atoms with E-state index in [1.54, 1.807) is 0 Å². The molecule has 9 aromatic carbocycles. The Morgan fingerprint density at radius 1 is 0.338 bits per heavy atom. The van der Waals surface area contributed by atoms with Crippen LogP contribution in [0.1, 0.15) is 50.7 Å². The van der Waals surface area contributed by atoms with Crippen LogP contribution in [-0.4, -0.2) is 16.1 Å². The van der Waals surface area contributed by atoms with Crippen molar-refractivity contribution in [2.45, 2.75) is 78.8 Å². The quantitative estimate of drug-likeness (QED) is 0.128. The van der Waals surface area contributed by atoms with Crippen LogP contribution in [0.15, 0.2) is 179 Å². The molecule has 0 aliphatic rings. The predicted molar refractivity (Wildman–Crippen MR) is 300 cm³/mol. The van der Waals surface area contributed by atoms with Gasteiger partial charge in [0.1, 0.15) is 22.3 Å². The van der Waals surface area contributed by atoms with E-state index in [0.29, 0.717) is 11.8 Å². The third-order valence-electron chi connectivity index (χ3n) is 14.1. The fraction of sp³-hybridized carbons (Fsp3) is 0.194. The molecule has 2 heterocycles. The Bertz CT molecular complexity index is 3440. The summed E-state index contributed by atoms with van der Waals surface area (Å²) >= 11 is 0. The normalized spacial score (nSPS) is 12.5. The summed E-state index contributed by atoms with van der Waals surface area (Å²) in [4.78, 5) is 4.75. The number of fused-ring (bicyclic) bond motifs is 11. The summed E-state index contributed by atoms with van der Waals surface area (Å²) in [5, 5.41) is 11.7. The molecule has 11 aromatic rings. The molecule has 0 saturated heterocycles. The summed E-state index contributed by atoms with van der Waals surface area (Å²) in [6, 6.07) is 63.2. The van der Waals surface area contributed by atoms with Gasteiger partial charge in [-0.1, -0.05) is 138 Å². The largest absolute Gasteiger partial charge is 0.455 e. The van der Waals surface area contributed by atoms with Crippen molar-refractivity contribution in [3.63, 3.8) is 0 Å². The number of benzene rings is 9. The average molecular weight is 921 g/mol. The van der Waals surface area contributed by atoms with Crippen molar-refractivity contribution in [2.24, 2.45) is 0 Å². The maximum atomic E-state index is 6.85. The molecule has 0 aliphatic heterocycles. The first kappa shape index (κ1) is 43.7. The number of anilines is 6. The molecule has 0 bridgehead atoms. The van der Waals surface area contributed by atoms with Gasteiger partial charge in [-0.15, -0.1) is 0 Å². The highest BCUT2D eigenvalue weighted by Crippen LogP contribution is 2.46. The molecular formula is C62H60N2O2Si2. The molecule has 0 unspecified atom stereocenters. The average Bonchev–Trinajstić information content (AvgIpc) is 3.91. The van der Waals surface area contributed by atoms with Gasteiger partial charge in [-0.25, -0.2) is 0 Å². The van der Waals surface area contributed by atoms with Gasteiger partial charge in [-0.2, -0.15) is 0 Å². The number of furan rings is 2. The maximum Gasteiger partial charge on any atom is 0.143 e. The van der Waals surface area contributed by atoms with Crippen LogP contribution in [0.4, 0.5) is 34.1 Å². The van der Waals surface area contributed by atoms with Crippen LogP contribution in [0.2, 0.25) is 39.3 Å². The number of nitrogens with zero attached hydrogens (tertiary/aromatic N) is 2. The number of rotatable bonds is 10. The lowest BCUT2D eigenvalue weighted by molar-refractivity contribution is 0.666. The minimum atomic E-state index is -1.46. The molecule has 0 radical (unpaired) electrons. The van der Waals surface area contributed by atoms with Gasteiger partial charge in [-0.3, -0.25) is 0 Å². The van der Waals surface area contributed by atoms with Gasteiger partial charge >= 0.3 is 0 Å². The van der Waals surface area contributed by atoms with E-state index in [-0.39, 0.29) is 0 Å². The summed E-state index contributed by atoms with van der Waals surface area (Å²) in [6.07, 6.45) is 0. The second-order valence-electron chi connectivity index (χ2n) is 21.5. The monoisotopic (exact) mass is 920 g/mol. The van der Waals surface area contributed by atoms with E-state index >= 15 is 0 Å². The molecule has 0 amide bonds. The zero-order valence-corrected chi connectivity index (χ0v) is 43.0. The molecule has 11 rings (SSSR count). The highest BCUT2D eigenvalue weighted by atomic mass is 28.3. The van der Waals surface area contributed by atoms with Crippen molar-refractivity contribution in [3.8, 4) is 0 Å².